The molecule has 3 aromatic rings. The van der Waals surface area contributed by atoms with Gasteiger partial charge in [0.25, 0.3) is 0 Å². The van der Waals surface area contributed by atoms with E-state index in [2.05, 4.69) is 66.3 Å². The van der Waals surface area contributed by atoms with Crippen molar-refractivity contribution in [1.82, 2.24) is 9.97 Å². The van der Waals surface area contributed by atoms with E-state index in [1.165, 1.54) is 21.9 Å². The van der Waals surface area contributed by atoms with Crippen LogP contribution in [0.3, 0.4) is 0 Å². The molecule has 0 atom stereocenters. The van der Waals surface area contributed by atoms with Gasteiger partial charge in [0.2, 0.25) is 5.95 Å². The van der Waals surface area contributed by atoms with Crippen molar-refractivity contribution in [3.8, 4) is 11.3 Å². The van der Waals surface area contributed by atoms with E-state index in [9.17, 15) is 0 Å². The minimum Gasteiger partial charge on any atom is -0.368 e. The van der Waals surface area contributed by atoms with Crippen molar-refractivity contribution in [2.24, 2.45) is 0 Å². The van der Waals surface area contributed by atoms with Gasteiger partial charge in [-0.3, -0.25) is 0 Å². The first-order chi connectivity index (χ1) is 10.6. The van der Waals surface area contributed by atoms with Crippen molar-refractivity contribution in [2.45, 2.75) is 19.8 Å². The standard InChI is InChI=1S/C19H17N3/c1-11(2)16-10-17(22-19(20)21-16)14-9-8-13-7-6-12-4-3-5-15(14)18(12)13/h3-11H,1-2H3,(H2,20,21,22). The molecule has 0 radical (unpaired) electrons. The van der Waals surface area contributed by atoms with E-state index in [0.29, 0.717) is 11.9 Å². The molecule has 0 fully saturated rings. The van der Waals surface area contributed by atoms with Crippen LogP contribution in [0.4, 0.5) is 5.95 Å². The second-order valence-electron chi connectivity index (χ2n) is 6.00. The second kappa shape index (κ2) is 4.67. The van der Waals surface area contributed by atoms with Crippen LogP contribution in [-0.2, 0) is 0 Å². The summed E-state index contributed by atoms with van der Waals surface area (Å²) in [5, 5.41) is 2.51. The topological polar surface area (TPSA) is 51.8 Å². The zero-order chi connectivity index (χ0) is 15.3. The molecule has 1 heterocycles. The van der Waals surface area contributed by atoms with Crippen LogP contribution in [0.2, 0.25) is 0 Å². The van der Waals surface area contributed by atoms with Crippen molar-refractivity contribution in [3.63, 3.8) is 0 Å². The summed E-state index contributed by atoms with van der Waals surface area (Å²) in [5.41, 5.74) is 11.4. The highest BCUT2D eigenvalue weighted by Gasteiger charge is 2.15. The largest absolute Gasteiger partial charge is 0.368 e. The predicted octanol–water partition coefficient (Wildman–Crippen LogP) is 4.49. The normalized spacial score (nSPS) is 12.5. The van der Waals surface area contributed by atoms with E-state index in [1.807, 2.05) is 6.07 Å². The molecule has 0 aliphatic heterocycles. The molecule has 1 aliphatic rings. The third kappa shape index (κ3) is 1.90. The van der Waals surface area contributed by atoms with Crippen LogP contribution in [0.25, 0.3) is 34.2 Å². The highest BCUT2D eigenvalue weighted by molar-refractivity contribution is 6.09. The lowest BCUT2D eigenvalue weighted by Crippen LogP contribution is -2.02. The molecule has 1 aliphatic carbocycles. The van der Waals surface area contributed by atoms with Crippen LogP contribution in [0, 0.1) is 0 Å². The van der Waals surface area contributed by atoms with E-state index in [-0.39, 0.29) is 0 Å². The highest BCUT2D eigenvalue weighted by atomic mass is 15.0. The first kappa shape index (κ1) is 13.0. The number of hydrogen-bond acceptors (Lipinski definition) is 3. The molecule has 0 spiro atoms. The van der Waals surface area contributed by atoms with E-state index < -0.39 is 0 Å². The maximum Gasteiger partial charge on any atom is 0.220 e. The van der Waals surface area contributed by atoms with E-state index in [1.54, 1.807) is 0 Å². The van der Waals surface area contributed by atoms with Gasteiger partial charge in [-0.1, -0.05) is 56.3 Å². The lowest BCUT2D eigenvalue weighted by atomic mass is 9.96. The summed E-state index contributed by atoms with van der Waals surface area (Å²) in [6, 6.07) is 12.7. The van der Waals surface area contributed by atoms with Gasteiger partial charge in [-0.15, -0.1) is 0 Å². The van der Waals surface area contributed by atoms with E-state index in [0.717, 1.165) is 17.0 Å². The molecular formula is C19H17N3. The summed E-state index contributed by atoms with van der Waals surface area (Å²) >= 11 is 0. The molecule has 0 saturated heterocycles. The van der Waals surface area contributed by atoms with Crippen LogP contribution < -0.4 is 5.73 Å². The van der Waals surface area contributed by atoms with E-state index >= 15 is 0 Å². The summed E-state index contributed by atoms with van der Waals surface area (Å²) in [6.45, 7) is 4.23. The summed E-state index contributed by atoms with van der Waals surface area (Å²) in [7, 11) is 0. The van der Waals surface area contributed by atoms with Crippen LogP contribution in [-0.4, -0.2) is 9.97 Å². The summed E-state index contributed by atoms with van der Waals surface area (Å²) in [6.07, 6.45) is 4.32. The number of nitrogen functional groups attached to an aromatic ring is 1. The van der Waals surface area contributed by atoms with Gasteiger partial charge in [0.05, 0.1) is 5.69 Å². The fourth-order valence-electron chi connectivity index (χ4n) is 3.06. The predicted molar refractivity (Wildman–Crippen MR) is 92.4 cm³/mol. The molecule has 3 nitrogen and oxygen atoms in total. The first-order valence-corrected chi connectivity index (χ1v) is 7.52. The minimum atomic E-state index is 0.322. The van der Waals surface area contributed by atoms with Gasteiger partial charge in [-0.2, -0.15) is 0 Å². The second-order valence-corrected chi connectivity index (χ2v) is 6.00. The van der Waals surface area contributed by atoms with Crippen LogP contribution in [0.1, 0.15) is 36.6 Å². The number of anilines is 1. The van der Waals surface area contributed by atoms with Gasteiger partial charge in [-0.25, -0.2) is 9.97 Å². The molecule has 0 amide bonds. The molecule has 0 saturated carbocycles. The van der Waals surface area contributed by atoms with Crippen molar-refractivity contribution in [1.29, 1.82) is 0 Å². The SMILES string of the molecule is CC(C)c1cc(-c2ccc3c4c(cccc24)C=C3)nc(N)n1. The highest BCUT2D eigenvalue weighted by Crippen LogP contribution is 2.37. The van der Waals surface area contributed by atoms with Crippen molar-refractivity contribution in [2.75, 3.05) is 5.73 Å². The Morgan fingerprint density at radius 1 is 0.955 bits per heavy atom. The number of nitrogens with two attached hydrogens (primary N) is 1. The van der Waals surface area contributed by atoms with Crippen LogP contribution in [0.5, 0.6) is 0 Å². The maximum absolute atomic E-state index is 5.92. The van der Waals surface area contributed by atoms with Crippen LogP contribution in [0.15, 0.2) is 36.4 Å². The van der Waals surface area contributed by atoms with E-state index in [4.69, 9.17) is 5.73 Å². The smallest absolute Gasteiger partial charge is 0.220 e. The lowest BCUT2D eigenvalue weighted by Gasteiger charge is -2.11. The third-order valence-electron chi connectivity index (χ3n) is 4.18. The number of nitrogens with zero attached hydrogens (tertiary/aromatic N) is 2. The Bertz CT molecular complexity index is 911. The number of rotatable bonds is 2. The Hall–Kier alpha value is -2.68. The Balaban J connectivity index is 2.01. The molecule has 22 heavy (non-hydrogen) atoms. The number of benzene rings is 2. The molecule has 0 unspecified atom stereocenters. The first-order valence-electron chi connectivity index (χ1n) is 7.52. The Morgan fingerprint density at radius 3 is 2.50 bits per heavy atom. The Kier molecular flexibility index (Phi) is 2.76. The molecule has 4 rings (SSSR count). The minimum absolute atomic E-state index is 0.322. The maximum atomic E-state index is 5.92. The fraction of sp³-hybridized carbons (Fsp3) is 0.158. The van der Waals surface area contributed by atoms with Gasteiger partial charge >= 0.3 is 0 Å². The molecule has 0 bridgehead atoms. The fourth-order valence-corrected chi connectivity index (χ4v) is 3.06. The summed E-state index contributed by atoms with van der Waals surface area (Å²) < 4.78 is 0. The number of aromatic nitrogens is 2. The van der Waals surface area contributed by atoms with Gasteiger partial charge < -0.3 is 5.73 Å². The van der Waals surface area contributed by atoms with Gasteiger partial charge in [0.15, 0.2) is 0 Å². The molecule has 2 N–H and O–H groups in total. The summed E-state index contributed by atoms with van der Waals surface area (Å²) in [5.74, 6) is 0.657. The third-order valence-corrected chi connectivity index (χ3v) is 4.18. The van der Waals surface area contributed by atoms with Gasteiger partial charge in [0, 0.05) is 11.3 Å². The molecular weight excluding hydrogens is 270 g/mol. The lowest BCUT2D eigenvalue weighted by molar-refractivity contribution is 0.819. The molecule has 3 heteroatoms. The van der Waals surface area contributed by atoms with Gasteiger partial charge in [-0.05, 0) is 33.9 Å². The Labute approximate surface area is 129 Å². The molecule has 2 aromatic carbocycles. The van der Waals surface area contributed by atoms with Crippen molar-refractivity contribution in [3.05, 3.63) is 53.2 Å². The number of hydrogen-bond donors (Lipinski definition) is 1. The molecule has 1 aromatic heterocycles. The molecule has 108 valence electrons. The quantitative estimate of drug-likeness (QED) is 0.591. The summed E-state index contributed by atoms with van der Waals surface area (Å²) in [4.78, 5) is 8.80. The van der Waals surface area contributed by atoms with Crippen LogP contribution >= 0.6 is 0 Å². The monoisotopic (exact) mass is 287 g/mol. The Morgan fingerprint density at radius 2 is 1.73 bits per heavy atom. The van der Waals surface area contributed by atoms with Crippen molar-refractivity contribution >= 4 is 28.9 Å². The average molecular weight is 287 g/mol. The zero-order valence-electron chi connectivity index (χ0n) is 12.7. The van der Waals surface area contributed by atoms with Crippen molar-refractivity contribution < 1.29 is 0 Å². The average Bonchev–Trinajstić information content (AvgIpc) is 2.92. The van der Waals surface area contributed by atoms with Gasteiger partial charge in [0.1, 0.15) is 0 Å². The zero-order valence-corrected chi connectivity index (χ0v) is 12.7.